The Morgan fingerprint density at radius 1 is 0.833 bits per heavy atom. The Bertz CT molecular complexity index is 660. The molecule has 1 aromatic rings. The lowest BCUT2D eigenvalue weighted by atomic mass is 9.90. The zero-order chi connectivity index (χ0) is 13.4. The highest BCUT2D eigenvalue weighted by Crippen LogP contribution is 2.33. The largest absolute Gasteiger partial charge is 0.288 e. The molecular formula is C12H2Br2N2O2. The van der Waals surface area contributed by atoms with Crippen molar-refractivity contribution in [2.45, 2.75) is 0 Å². The van der Waals surface area contributed by atoms with Crippen molar-refractivity contribution in [1.29, 1.82) is 10.5 Å². The van der Waals surface area contributed by atoms with Gasteiger partial charge in [0, 0.05) is 11.1 Å². The monoisotopic (exact) mass is 364 g/mol. The maximum atomic E-state index is 12.0. The Morgan fingerprint density at radius 2 is 1.17 bits per heavy atom. The molecule has 0 saturated carbocycles. The van der Waals surface area contributed by atoms with Crippen molar-refractivity contribution in [3.8, 4) is 12.1 Å². The van der Waals surface area contributed by atoms with E-state index >= 15 is 0 Å². The van der Waals surface area contributed by atoms with Gasteiger partial charge in [0.1, 0.15) is 12.1 Å². The Hall–Kier alpha value is -1.76. The summed E-state index contributed by atoms with van der Waals surface area (Å²) in [6, 6.07) is 6.20. The van der Waals surface area contributed by atoms with Crippen LogP contribution < -0.4 is 0 Å². The first-order chi connectivity index (χ1) is 8.51. The van der Waals surface area contributed by atoms with Gasteiger partial charge >= 0.3 is 0 Å². The molecule has 0 aliphatic heterocycles. The van der Waals surface area contributed by atoms with Crippen LogP contribution in [0.3, 0.4) is 0 Å². The van der Waals surface area contributed by atoms with E-state index in [-0.39, 0.29) is 31.2 Å². The van der Waals surface area contributed by atoms with E-state index in [0.29, 0.717) is 0 Å². The van der Waals surface area contributed by atoms with Crippen molar-refractivity contribution >= 4 is 43.4 Å². The molecule has 0 unspecified atom stereocenters. The second kappa shape index (κ2) is 4.49. The third-order valence-corrected chi connectivity index (χ3v) is 4.52. The molecule has 4 nitrogen and oxygen atoms in total. The fourth-order valence-electron chi connectivity index (χ4n) is 1.60. The van der Waals surface area contributed by atoms with Gasteiger partial charge in [-0.2, -0.15) is 10.5 Å². The van der Waals surface area contributed by atoms with Crippen molar-refractivity contribution in [3.63, 3.8) is 0 Å². The second-order valence-electron chi connectivity index (χ2n) is 3.45. The molecule has 0 heterocycles. The molecule has 0 amide bonds. The van der Waals surface area contributed by atoms with Crippen molar-refractivity contribution in [3.05, 3.63) is 43.4 Å². The number of nitriles is 2. The summed E-state index contributed by atoms with van der Waals surface area (Å²) in [5.74, 6) is -0.782. The molecule has 1 aliphatic rings. The summed E-state index contributed by atoms with van der Waals surface area (Å²) in [6.45, 7) is 0. The normalized spacial score (nSPS) is 14.0. The smallest absolute Gasteiger partial charge is 0.202 e. The molecule has 1 aromatic carbocycles. The lowest BCUT2D eigenvalue weighted by molar-refractivity contribution is 0.0989. The van der Waals surface area contributed by atoms with Crippen LogP contribution in [0.5, 0.6) is 0 Å². The van der Waals surface area contributed by atoms with E-state index in [2.05, 4.69) is 31.9 Å². The van der Waals surface area contributed by atoms with Crippen LogP contribution in [0.2, 0.25) is 0 Å². The van der Waals surface area contributed by atoms with E-state index in [9.17, 15) is 9.59 Å². The van der Waals surface area contributed by atoms with Crippen LogP contribution in [0.4, 0.5) is 0 Å². The molecule has 0 saturated heterocycles. The van der Waals surface area contributed by atoms with E-state index in [1.165, 1.54) is 12.1 Å². The number of carbonyl (C=O) groups excluding carboxylic acids is 2. The molecule has 18 heavy (non-hydrogen) atoms. The van der Waals surface area contributed by atoms with Gasteiger partial charge in [0.15, 0.2) is 0 Å². The Labute approximate surface area is 119 Å². The number of ketones is 2. The van der Waals surface area contributed by atoms with Crippen LogP contribution in [-0.4, -0.2) is 11.6 Å². The fraction of sp³-hybridized carbons (Fsp3) is 0. The first-order valence-electron chi connectivity index (χ1n) is 4.64. The molecule has 6 heteroatoms. The number of hydrogen-bond donors (Lipinski definition) is 0. The summed E-state index contributed by atoms with van der Waals surface area (Å²) >= 11 is 6.05. The van der Waals surface area contributed by atoms with Gasteiger partial charge in [0.2, 0.25) is 11.6 Å². The lowest BCUT2D eigenvalue weighted by Gasteiger charge is -2.15. The second-order valence-corrected chi connectivity index (χ2v) is 5.04. The highest BCUT2D eigenvalue weighted by molar-refractivity contribution is 9.14. The van der Waals surface area contributed by atoms with Gasteiger partial charge in [0.05, 0.1) is 20.1 Å². The molecule has 0 bridgehead atoms. The van der Waals surface area contributed by atoms with Gasteiger partial charge in [-0.1, -0.05) is 0 Å². The number of fused-ring (bicyclic) bond motifs is 1. The van der Waals surface area contributed by atoms with Crippen LogP contribution >= 0.6 is 31.9 Å². The number of carbonyl (C=O) groups is 2. The van der Waals surface area contributed by atoms with Gasteiger partial charge < -0.3 is 0 Å². The molecule has 1 aliphatic carbocycles. The summed E-state index contributed by atoms with van der Waals surface area (Å²) in [5.41, 5.74) is 0.419. The average molecular weight is 366 g/mol. The third kappa shape index (κ3) is 1.71. The minimum atomic E-state index is -0.391. The first-order valence-corrected chi connectivity index (χ1v) is 6.22. The summed E-state index contributed by atoms with van der Waals surface area (Å²) < 4.78 is 0.238. The van der Waals surface area contributed by atoms with E-state index < -0.39 is 11.6 Å². The molecule has 0 atom stereocenters. The molecule has 0 fully saturated rings. The molecule has 0 N–H and O–H groups in total. The highest BCUT2D eigenvalue weighted by atomic mass is 79.9. The zero-order valence-electron chi connectivity index (χ0n) is 8.62. The number of nitrogens with zero attached hydrogens (tertiary/aromatic N) is 2. The predicted molar refractivity (Wildman–Crippen MR) is 69.4 cm³/mol. The quantitative estimate of drug-likeness (QED) is 0.707. The summed E-state index contributed by atoms with van der Waals surface area (Å²) in [4.78, 5) is 23.9. The standard InChI is InChI=1S/C12H2Br2N2O2/c13-9-10(14)12(18)8-2-6(4-16)5(3-15)1-7(8)11(9)17/h1-2H. The predicted octanol–water partition coefficient (Wildman–Crippen LogP) is 2.81. The summed E-state index contributed by atoms with van der Waals surface area (Å²) in [5, 5.41) is 17.8. The van der Waals surface area contributed by atoms with Gasteiger partial charge in [-0.15, -0.1) is 0 Å². The molecule has 0 spiro atoms. The van der Waals surface area contributed by atoms with E-state index in [4.69, 9.17) is 10.5 Å². The Morgan fingerprint density at radius 3 is 1.44 bits per heavy atom. The fourth-order valence-corrected chi connectivity index (χ4v) is 2.38. The number of hydrogen-bond acceptors (Lipinski definition) is 4. The third-order valence-electron chi connectivity index (χ3n) is 2.48. The average Bonchev–Trinajstić information content (AvgIpc) is 2.41. The van der Waals surface area contributed by atoms with Crippen LogP contribution in [0.15, 0.2) is 21.1 Å². The van der Waals surface area contributed by atoms with E-state index in [1.807, 2.05) is 12.1 Å². The molecule has 2 rings (SSSR count). The SMILES string of the molecule is N#Cc1cc2c(cc1C#N)C(=O)C(Br)=C(Br)C2=O. The number of Topliss-reactive ketones (excluding diaryl/α,β-unsaturated/α-hetero) is 2. The van der Waals surface area contributed by atoms with Gasteiger partial charge in [-0.05, 0) is 44.0 Å². The maximum absolute atomic E-state index is 12.0. The topological polar surface area (TPSA) is 81.7 Å². The van der Waals surface area contributed by atoms with Crippen LogP contribution in [0.1, 0.15) is 31.8 Å². The zero-order valence-corrected chi connectivity index (χ0v) is 11.8. The molecule has 86 valence electrons. The van der Waals surface area contributed by atoms with Crippen LogP contribution in [-0.2, 0) is 0 Å². The minimum absolute atomic E-state index is 0.0794. The number of halogens is 2. The Kier molecular flexibility index (Phi) is 3.16. The van der Waals surface area contributed by atoms with Crippen molar-refractivity contribution < 1.29 is 9.59 Å². The summed E-state index contributed by atoms with van der Waals surface area (Å²) in [7, 11) is 0. The van der Waals surface area contributed by atoms with Crippen LogP contribution in [0.25, 0.3) is 0 Å². The van der Waals surface area contributed by atoms with Crippen LogP contribution in [0, 0.1) is 22.7 Å². The van der Waals surface area contributed by atoms with Crippen molar-refractivity contribution in [1.82, 2.24) is 0 Å². The number of allylic oxidation sites excluding steroid dienone is 2. The van der Waals surface area contributed by atoms with Crippen molar-refractivity contribution in [2.75, 3.05) is 0 Å². The summed E-state index contributed by atoms with van der Waals surface area (Å²) in [6.07, 6.45) is 0. The molecule has 0 aromatic heterocycles. The highest BCUT2D eigenvalue weighted by Gasteiger charge is 2.31. The number of rotatable bonds is 0. The van der Waals surface area contributed by atoms with E-state index in [1.54, 1.807) is 0 Å². The molecular weight excluding hydrogens is 364 g/mol. The van der Waals surface area contributed by atoms with Gasteiger partial charge in [-0.25, -0.2) is 0 Å². The lowest BCUT2D eigenvalue weighted by Crippen LogP contribution is -2.18. The van der Waals surface area contributed by atoms with Gasteiger partial charge in [-0.3, -0.25) is 9.59 Å². The van der Waals surface area contributed by atoms with Gasteiger partial charge in [0.25, 0.3) is 0 Å². The number of benzene rings is 1. The van der Waals surface area contributed by atoms with E-state index in [0.717, 1.165) is 0 Å². The molecule has 0 radical (unpaired) electrons. The van der Waals surface area contributed by atoms with Crippen molar-refractivity contribution in [2.24, 2.45) is 0 Å². The Balaban J connectivity index is 2.82. The minimum Gasteiger partial charge on any atom is -0.288 e. The maximum Gasteiger partial charge on any atom is 0.202 e. The first kappa shape index (κ1) is 12.7.